The summed E-state index contributed by atoms with van der Waals surface area (Å²) in [6, 6.07) is 7.35. The minimum Gasteiger partial charge on any atom is -0.352 e. The Morgan fingerprint density at radius 3 is 2.53 bits per heavy atom. The van der Waals surface area contributed by atoms with Crippen LogP contribution in [-0.4, -0.2) is 16.7 Å². The fourth-order valence-electron chi connectivity index (χ4n) is 1.17. The molecule has 0 spiro atoms. The van der Waals surface area contributed by atoms with Gasteiger partial charge in [-0.3, -0.25) is 0 Å². The Bertz CT molecular complexity index is 372. The Morgan fingerprint density at radius 1 is 1.53 bits per heavy atom. The van der Waals surface area contributed by atoms with Gasteiger partial charge in [0.05, 0.1) is 9.59 Å². The van der Waals surface area contributed by atoms with E-state index in [2.05, 4.69) is 45.0 Å². The molecule has 0 N–H and O–H groups in total. The summed E-state index contributed by atoms with van der Waals surface area (Å²) < 4.78 is 6.07. The normalized spacial score (nSPS) is 14.1. The van der Waals surface area contributed by atoms with E-state index in [9.17, 15) is 0 Å². The van der Waals surface area contributed by atoms with Crippen LogP contribution in [0.25, 0.3) is 0 Å². The topological polar surface area (TPSA) is 21.6 Å². The first kappa shape index (κ1) is 13.1. The van der Waals surface area contributed by atoms with Crippen molar-refractivity contribution in [2.75, 3.05) is 11.5 Å². The predicted octanol–water partition coefficient (Wildman–Crippen LogP) is 3.68. The lowest BCUT2D eigenvalue weighted by molar-refractivity contribution is 0.0182. The van der Waals surface area contributed by atoms with Crippen LogP contribution in [0.2, 0.25) is 5.02 Å². The van der Waals surface area contributed by atoms with Gasteiger partial charge in [0.25, 0.3) is 0 Å². The van der Waals surface area contributed by atoms with Gasteiger partial charge in [-0.25, -0.2) is 0 Å². The molecule has 0 fully saturated rings. The molecule has 1 aromatic carbocycles. The van der Waals surface area contributed by atoms with Gasteiger partial charge in [-0.05, 0) is 24.4 Å². The highest BCUT2D eigenvalue weighted by atomic mass is 127. The highest BCUT2D eigenvalue weighted by Crippen LogP contribution is 2.29. The van der Waals surface area contributed by atoms with Crippen LogP contribution in [0.15, 0.2) is 29.3 Å². The molecule has 1 aromatic rings. The molecule has 0 aromatic heterocycles. The number of rotatable bonds is 4. The zero-order valence-corrected chi connectivity index (χ0v) is 11.8. The van der Waals surface area contributed by atoms with E-state index < -0.39 is 5.72 Å². The Labute approximate surface area is 113 Å². The lowest BCUT2D eigenvalue weighted by Crippen LogP contribution is -2.27. The first-order valence-corrected chi connectivity index (χ1v) is 6.46. The number of methoxy groups -OCH3 is 1. The maximum Gasteiger partial charge on any atom is 0.203 e. The summed E-state index contributed by atoms with van der Waals surface area (Å²) in [6.07, 6.45) is 0. The fourth-order valence-corrected chi connectivity index (χ4v) is 2.37. The zero-order chi connectivity index (χ0) is 11.3. The number of aliphatic imine (C=N–C) groups is 1. The van der Waals surface area contributed by atoms with E-state index in [1.54, 1.807) is 19.2 Å². The molecule has 80 valence electrons. The Hall–Kier alpha value is -0.000000000000000167. The molecule has 15 heavy (non-hydrogen) atoms. The standard InChI is InChI=1S/C10H9ClINOS/c1-14-10(6-12,13-7-15)8-2-4-9(11)5-3-8/h2-5H,6H2,1H3. The number of halogens is 2. The van der Waals surface area contributed by atoms with Crippen molar-refractivity contribution in [3.8, 4) is 0 Å². The monoisotopic (exact) mass is 353 g/mol. The zero-order valence-electron chi connectivity index (χ0n) is 8.04. The third kappa shape index (κ3) is 2.98. The molecule has 5 heteroatoms. The maximum atomic E-state index is 5.82. The Morgan fingerprint density at radius 2 is 2.13 bits per heavy atom. The Balaban J connectivity index is 3.19. The van der Waals surface area contributed by atoms with Gasteiger partial charge in [0.1, 0.15) is 0 Å². The SMILES string of the molecule is COC(CI)(N=C=S)c1ccc(Cl)cc1. The first-order valence-electron chi connectivity index (χ1n) is 4.14. The molecule has 0 heterocycles. The molecule has 0 aliphatic rings. The number of hydrogen-bond donors (Lipinski definition) is 0. The van der Waals surface area contributed by atoms with E-state index in [1.807, 2.05) is 12.1 Å². The molecule has 0 saturated heterocycles. The minimum atomic E-state index is -0.743. The van der Waals surface area contributed by atoms with E-state index in [0.717, 1.165) is 5.56 Å². The van der Waals surface area contributed by atoms with Crippen LogP contribution in [0.5, 0.6) is 0 Å². The van der Waals surface area contributed by atoms with E-state index in [1.165, 1.54) is 0 Å². The number of isothiocyanates is 1. The fraction of sp³-hybridized carbons (Fsp3) is 0.300. The summed E-state index contributed by atoms with van der Waals surface area (Å²) in [5.41, 5.74) is 0.175. The van der Waals surface area contributed by atoms with Crippen LogP contribution < -0.4 is 0 Å². The van der Waals surface area contributed by atoms with Gasteiger partial charge in [0.15, 0.2) is 0 Å². The number of benzene rings is 1. The van der Waals surface area contributed by atoms with Crippen LogP contribution in [0, 0.1) is 0 Å². The second-order valence-electron chi connectivity index (χ2n) is 2.83. The van der Waals surface area contributed by atoms with Crippen LogP contribution in [-0.2, 0) is 10.5 Å². The first-order chi connectivity index (χ1) is 7.18. The maximum absolute atomic E-state index is 5.82. The van der Waals surface area contributed by atoms with Gasteiger partial charge in [-0.2, -0.15) is 4.99 Å². The van der Waals surface area contributed by atoms with Crippen molar-refractivity contribution >= 4 is 51.6 Å². The summed E-state index contributed by atoms with van der Waals surface area (Å²) in [6.45, 7) is 0. The summed E-state index contributed by atoms with van der Waals surface area (Å²) in [7, 11) is 1.60. The lowest BCUT2D eigenvalue weighted by atomic mass is 10.1. The highest BCUT2D eigenvalue weighted by molar-refractivity contribution is 14.1. The van der Waals surface area contributed by atoms with Gasteiger partial charge in [0.2, 0.25) is 5.72 Å². The van der Waals surface area contributed by atoms with E-state index in [0.29, 0.717) is 9.45 Å². The molecule has 2 nitrogen and oxygen atoms in total. The van der Waals surface area contributed by atoms with Gasteiger partial charge in [-0.15, -0.1) is 0 Å². The number of alkyl halides is 1. The molecule has 1 atom stereocenters. The number of thiocarbonyl (C=S) groups is 1. The largest absolute Gasteiger partial charge is 0.352 e. The van der Waals surface area contributed by atoms with E-state index in [-0.39, 0.29) is 0 Å². The van der Waals surface area contributed by atoms with Crippen molar-refractivity contribution in [2.24, 2.45) is 4.99 Å². The summed E-state index contributed by atoms with van der Waals surface area (Å²) in [5.74, 6) is 0. The second-order valence-corrected chi connectivity index (χ2v) is 4.21. The number of ether oxygens (including phenoxy) is 1. The van der Waals surface area contributed by atoms with Crippen LogP contribution >= 0.6 is 46.4 Å². The molecule has 0 bridgehead atoms. The molecular weight excluding hydrogens is 345 g/mol. The van der Waals surface area contributed by atoms with Crippen molar-refractivity contribution < 1.29 is 4.74 Å². The van der Waals surface area contributed by atoms with Gasteiger partial charge < -0.3 is 4.74 Å². The molecule has 0 amide bonds. The number of hydrogen-bond acceptors (Lipinski definition) is 3. The van der Waals surface area contributed by atoms with Crippen molar-refractivity contribution in [1.82, 2.24) is 0 Å². The Kier molecular flexibility index (Phi) is 5.15. The van der Waals surface area contributed by atoms with Crippen molar-refractivity contribution in [1.29, 1.82) is 0 Å². The van der Waals surface area contributed by atoms with Gasteiger partial charge in [-0.1, -0.05) is 46.3 Å². The van der Waals surface area contributed by atoms with Crippen LogP contribution in [0.4, 0.5) is 0 Å². The predicted molar refractivity (Wildman–Crippen MR) is 74.1 cm³/mol. The molecule has 0 saturated carbocycles. The molecular formula is C10H9ClINOS. The van der Waals surface area contributed by atoms with Crippen LogP contribution in [0.3, 0.4) is 0 Å². The molecule has 1 rings (SSSR count). The average molecular weight is 354 g/mol. The molecule has 0 aliphatic heterocycles. The molecule has 0 aliphatic carbocycles. The van der Waals surface area contributed by atoms with E-state index in [4.69, 9.17) is 16.3 Å². The smallest absolute Gasteiger partial charge is 0.203 e. The average Bonchev–Trinajstić information content (AvgIpc) is 2.27. The van der Waals surface area contributed by atoms with E-state index >= 15 is 0 Å². The third-order valence-electron chi connectivity index (χ3n) is 2.04. The third-order valence-corrected chi connectivity index (χ3v) is 3.42. The summed E-state index contributed by atoms with van der Waals surface area (Å²) in [5, 5.41) is 3.05. The quantitative estimate of drug-likeness (QED) is 0.356. The molecule has 1 unspecified atom stereocenters. The minimum absolute atomic E-state index is 0.659. The second kappa shape index (κ2) is 5.92. The highest BCUT2D eigenvalue weighted by Gasteiger charge is 2.29. The summed E-state index contributed by atoms with van der Waals surface area (Å²) >= 11 is 12.6. The number of nitrogens with zero attached hydrogens (tertiary/aromatic N) is 1. The van der Waals surface area contributed by atoms with Gasteiger partial charge >= 0.3 is 0 Å². The summed E-state index contributed by atoms with van der Waals surface area (Å²) in [4.78, 5) is 4.08. The van der Waals surface area contributed by atoms with Crippen molar-refractivity contribution in [3.63, 3.8) is 0 Å². The van der Waals surface area contributed by atoms with Crippen LogP contribution in [0.1, 0.15) is 5.56 Å². The molecule has 0 radical (unpaired) electrons. The van der Waals surface area contributed by atoms with Crippen molar-refractivity contribution in [2.45, 2.75) is 5.72 Å². The van der Waals surface area contributed by atoms with Gasteiger partial charge in [0, 0.05) is 17.7 Å². The lowest BCUT2D eigenvalue weighted by Gasteiger charge is -2.25. The van der Waals surface area contributed by atoms with Crippen molar-refractivity contribution in [3.05, 3.63) is 34.9 Å².